The number of nitrogens with one attached hydrogen (secondary N) is 1. The van der Waals surface area contributed by atoms with Crippen LogP contribution in [0.2, 0.25) is 0 Å². The van der Waals surface area contributed by atoms with E-state index in [9.17, 15) is 34.0 Å². The van der Waals surface area contributed by atoms with E-state index in [0.717, 1.165) is 13.1 Å². The summed E-state index contributed by atoms with van der Waals surface area (Å²) in [5.41, 5.74) is 8.69. The smallest absolute Gasteiger partial charge is 0.351 e. The second-order valence-electron chi connectivity index (χ2n) is 5.88. The van der Waals surface area contributed by atoms with E-state index in [1.54, 1.807) is 0 Å². The van der Waals surface area contributed by atoms with Gasteiger partial charge in [-0.25, -0.2) is 9.18 Å². The minimum Gasteiger partial charge on any atom is -0.548 e. The molecule has 1 aromatic heterocycles. The topological polar surface area (TPSA) is 231 Å². The molecule has 6 atom stereocenters. The number of aliphatic hydroxyl groups excluding tert-OH is 1. The number of nitrogens with two attached hydrogens (primary N) is 1. The summed E-state index contributed by atoms with van der Waals surface area (Å²) >= 11 is 0. The van der Waals surface area contributed by atoms with Crippen LogP contribution in [0.5, 0.6) is 0 Å². The van der Waals surface area contributed by atoms with Crippen molar-refractivity contribution in [1.29, 1.82) is 5.53 Å². The Labute approximate surface area is 161 Å². The number of nitrogen functional groups attached to an aromatic ring is 1. The Morgan fingerprint density at radius 2 is 2.41 bits per heavy atom. The Morgan fingerprint density at radius 3 is 2.97 bits per heavy atom. The summed E-state index contributed by atoms with van der Waals surface area (Å²) in [6.45, 7) is -0.110. The van der Waals surface area contributed by atoms with Gasteiger partial charge in [-0.3, -0.25) is 9.13 Å². The number of aliphatic hydroxyl groups is 1. The van der Waals surface area contributed by atoms with E-state index in [1.807, 2.05) is 0 Å². The fourth-order valence-electron chi connectivity index (χ4n) is 2.39. The number of hydroxylamine groups is 1. The highest BCUT2D eigenvalue weighted by Gasteiger charge is 2.61. The minimum atomic E-state index is -3.66. The molecule has 15 nitrogen and oxygen atoms in total. The minimum absolute atomic E-state index is 0.139. The molecule has 0 aromatic carbocycles. The quantitative estimate of drug-likeness (QED) is 0.144. The molecule has 1 saturated heterocycles. The van der Waals surface area contributed by atoms with Crippen molar-refractivity contribution in [3.8, 4) is 0 Å². The molecule has 1 aliphatic rings. The van der Waals surface area contributed by atoms with Crippen molar-refractivity contribution in [1.82, 2.24) is 19.3 Å². The summed E-state index contributed by atoms with van der Waals surface area (Å²) < 4.78 is 37.4. The molecule has 160 valence electrons. The predicted octanol–water partition coefficient (Wildman–Crippen LogP) is -2.46. The molecule has 0 bridgehead atoms. The van der Waals surface area contributed by atoms with E-state index in [-0.39, 0.29) is 10.7 Å². The van der Waals surface area contributed by atoms with Crippen LogP contribution in [0, 0.1) is 5.53 Å². The van der Waals surface area contributed by atoms with E-state index in [2.05, 4.69) is 15.0 Å². The number of aromatic nitrogens is 2. The van der Waals surface area contributed by atoms with E-state index < -0.39 is 56.7 Å². The second-order valence-corrected chi connectivity index (χ2v) is 7.16. The first kappa shape index (κ1) is 22.7. The maximum Gasteiger partial charge on any atom is 0.351 e. The van der Waals surface area contributed by atoms with Crippen LogP contribution in [0.25, 0.3) is 0 Å². The molecule has 1 aliphatic heterocycles. The van der Waals surface area contributed by atoms with Crippen LogP contribution in [0.15, 0.2) is 22.2 Å². The van der Waals surface area contributed by atoms with Crippen LogP contribution in [0.1, 0.15) is 13.2 Å². The van der Waals surface area contributed by atoms with Crippen LogP contribution in [-0.2, 0) is 18.6 Å². The molecule has 2 unspecified atom stereocenters. The van der Waals surface area contributed by atoms with Crippen molar-refractivity contribution in [2.24, 2.45) is 5.11 Å². The van der Waals surface area contributed by atoms with Crippen LogP contribution in [0.3, 0.4) is 0 Å². The van der Waals surface area contributed by atoms with Gasteiger partial charge in [0.25, 0.3) is 8.18 Å². The van der Waals surface area contributed by atoms with Gasteiger partial charge in [-0.1, -0.05) is 0 Å². The lowest BCUT2D eigenvalue weighted by Crippen LogP contribution is -2.44. The fraction of sp³-hybridized carbons (Fsp3) is 0.583. The zero-order valence-electron chi connectivity index (χ0n) is 14.7. The van der Waals surface area contributed by atoms with Gasteiger partial charge in [0.05, 0.1) is 12.0 Å². The Kier molecular flexibility index (Phi) is 6.92. The first-order valence-electron chi connectivity index (χ1n) is 7.83. The molecule has 1 fully saturated rings. The summed E-state index contributed by atoms with van der Waals surface area (Å²) in [7, 11) is -3.66. The fourth-order valence-corrected chi connectivity index (χ4v) is 3.28. The number of carboxylic acid groups (broad SMARTS) is 1. The molecule has 29 heavy (non-hydrogen) atoms. The standard InChI is InChI=1S/C12H17FN7O8P/c1-5(10(22)23)20(25)29(26)27-4-12(17-18-15)8(13)7(21)9(28-12)19-3-2-6(14)16-11(19)24/h2-3,5,7-9,15,21,25,29H,4H2,1H3,(H2-,14,16,22,23,24)/t5?,7-,8+,9-,12-/m1/s1. The molecule has 2 rings (SSSR count). The first-order chi connectivity index (χ1) is 13.5. The highest BCUT2D eigenvalue weighted by Crippen LogP contribution is 2.42. The average molecular weight is 437 g/mol. The lowest BCUT2D eigenvalue weighted by atomic mass is 10.1. The molecule has 17 heteroatoms. The molecular weight excluding hydrogens is 420 g/mol. The van der Waals surface area contributed by atoms with Crippen molar-refractivity contribution in [2.45, 2.75) is 37.2 Å². The number of hydrogen-bond acceptors (Lipinski definition) is 12. The number of rotatable bonds is 8. The summed E-state index contributed by atoms with van der Waals surface area (Å²) in [6.07, 6.45) is -5.05. The third-order valence-corrected chi connectivity index (χ3v) is 5.14. The number of anilines is 1. The number of hydrogen-bond donors (Lipinski definition) is 4. The normalized spacial score (nSPS) is 28.7. The van der Waals surface area contributed by atoms with Gasteiger partial charge >= 0.3 is 11.4 Å². The largest absolute Gasteiger partial charge is 0.548 e. The number of aliphatic carboxylic acids is 1. The summed E-state index contributed by atoms with van der Waals surface area (Å²) in [5.74, 6) is -1.90. The highest BCUT2D eigenvalue weighted by molar-refractivity contribution is 7.36. The Hall–Kier alpha value is -2.58. The van der Waals surface area contributed by atoms with Crippen molar-refractivity contribution >= 4 is 20.0 Å². The lowest BCUT2D eigenvalue weighted by molar-refractivity contribution is -0.314. The zero-order valence-corrected chi connectivity index (χ0v) is 15.7. The van der Waals surface area contributed by atoms with Gasteiger partial charge in [-0.05, 0) is 13.0 Å². The SMILES string of the molecule is CC(C(=O)[O-])N(O)[PH](=O)OC[C@@]1(N=[N+]=N)O[C@@H](n2ccc(N)nc2=O)[C@H](O)[C@@H]1F. The summed E-state index contributed by atoms with van der Waals surface area (Å²) in [4.78, 5) is 28.5. The third kappa shape index (κ3) is 4.54. The molecule has 0 radical (unpaired) electrons. The zero-order chi connectivity index (χ0) is 21.9. The highest BCUT2D eigenvalue weighted by atomic mass is 31.1. The van der Waals surface area contributed by atoms with Gasteiger partial charge in [-0.2, -0.15) is 4.98 Å². The maximum absolute atomic E-state index is 14.8. The molecular formula is C12H17FN7O8P. The molecule has 0 spiro atoms. The van der Waals surface area contributed by atoms with Crippen molar-refractivity contribution in [3.05, 3.63) is 22.7 Å². The van der Waals surface area contributed by atoms with E-state index in [4.69, 9.17) is 20.5 Å². The monoisotopic (exact) mass is 437 g/mol. The second kappa shape index (κ2) is 8.84. The molecule has 2 heterocycles. The van der Waals surface area contributed by atoms with Crippen molar-refractivity contribution in [3.63, 3.8) is 0 Å². The number of carbonyl (C=O) groups excluding carboxylic acids is 1. The first-order valence-corrected chi connectivity index (χ1v) is 9.09. The van der Waals surface area contributed by atoms with Crippen LogP contribution in [0.4, 0.5) is 10.2 Å². The van der Waals surface area contributed by atoms with Gasteiger partial charge in [0.2, 0.25) is 4.91 Å². The Bertz CT molecular complexity index is 910. The van der Waals surface area contributed by atoms with Gasteiger partial charge in [0.1, 0.15) is 24.1 Å². The third-order valence-electron chi connectivity index (χ3n) is 3.99. The van der Waals surface area contributed by atoms with Gasteiger partial charge in [-0.15, -0.1) is 4.83 Å². The number of carboxylic acids is 1. The van der Waals surface area contributed by atoms with E-state index in [0.29, 0.717) is 4.57 Å². The van der Waals surface area contributed by atoms with E-state index in [1.165, 1.54) is 6.07 Å². The van der Waals surface area contributed by atoms with Crippen LogP contribution >= 0.6 is 8.18 Å². The lowest BCUT2D eigenvalue weighted by Gasteiger charge is -2.24. The Balaban J connectivity index is 2.27. The van der Waals surface area contributed by atoms with Crippen molar-refractivity contribution in [2.75, 3.05) is 12.3 Å². The number of nitrogens with zero attached hydrogens (tertiary/aromatic N) is 5. The number of ether oxygens (including phenoxy) is 1. The number of halogens is 1. The van der Waals surface area contributed by atoms with Gasteiger partial charge in [0.15, 0.2) is 17.5 Å². The average Bonchev–Trinajstić information content (AvgIpc) is 2.90. The van der Waals surface area contributed by atoms with Crippen LogP contribution in [-0.4, -0.2) is 61.3 Å². The molecule has 0 saturated carbocycles. The number of alkyl halides is 1. The molecule has 5 N–H and O–H groups in total. The Morgan fingerprint density at radius 1 is 1.76 bits per heavy atom. The number of carbonyl (C=O) groups is 1. The van der Waals surface area contributed by atoms with Crippen LogP contribution < -0.4 is 21.4 Å². The summed E-state index contributed by atoms with van der Waals surface area (Å²) in [5, 5.41) is 33.6. The maximum atomic E-state index is 14.8. The predicted molar refractivity (Wildman–Crippen MR) is 87.0 cm³/mol. The summed E-state index contributed by atoms with van der Waals surface area (Å²) in [6, 6.07) is -0.546. The van der Waals surface area contributed by atoms with Crippen molar-refractivity contribution < 1.29 is 38.4 Å². The van der Waals surface area contributed by atoms with Gasteiger partial charge in [0, 0.05) is 6.20 Å². The molecule has 0 aliphatic carbocycles. The van der Waals surface area contributed by atoms with Gasteiger partial charge < -0.3 is 35.2 Å². The molecule has 0 amide bonds. The van der Waals surface area contributed by atoms with E-state index >= 15 is 0 Å². The molecule has 1 aromatic rings.